The molecule has 0 unspecified atom stereocenters. The minimum Gasteiger partial charge on any atom is -0.456 e. The first-order valence-electron chi connectivity index (χ1n) is 12.0. The van der Waals surface area contributed by atoms with Crippen LogP contribution in [0.3, 0.4) is 0 Å². The van der Waals surface area contributed by atoms with Crippen LogP contribution >= 0.6 is 0 Å². The molecular weight excluding hydrogens is 424 g/mol. The van der Waals surface area contributed by atoms with Crippen molar-refractivity contribution in [1.82, 2.24) is 0 Å². The van der Waals surface area contributed by atoms with E-state index in [0.29, 0.717) is 0 Å². The van der Waals surface area contributed by atoms with Gasteiger partial charge in [0.25, 0.3) is 0 Å². The quantitative estimate of drug-likeness (QED) is 0.242. The lowest BCUT2D eigenvalue weighted by atomic mass is 9.85. The number of hydrogen-bond acceptors (Lipinski definition) is 1. The predicted octanol–water partition coefficient (Wildman–Crippen LogP) is 9.82. The lowest BCUT2D eigenvalue weighted by Crippen LogP contribution is -1.91. The maximum absolute atomic E-state index is 6.33. The van der Waals surface area contributed by atoms with Crippen molar-refractivity contribution >= 4 is 54.3 Å². The fraction of sp³-hybridized carbons (Fsp3) is 0. The molecule has 8 aromatic rings. The Morgan fingerprint density at radius 1 is 0.371 bits per heavy atom. The van der Waals surface area contributed by atoms with E-state index in [1.54, 1.807) is 0 Å². The van der Waals surface area contributed by atoms with Crippen LogP contribution in [-0.2, 0) is 0 Å². The van der Waals surface area contributed by atoms with Crippen LogP contribution < -0.4 is 0 Å². The Kier molecular flexibility index (Phi) is 3.72. The van der Waals surface area contributed by atoms with E-state index in [9.17, 15) is 0 Å². The van der Waals surface area contributed by atoms with Crippen molar-refractivity contribution < 1.29 is 4.42 Å². The number of benzene rings is 7. The third kappa shape index (κ3) is 2.58. The van der Waals surface area contributed by atoms with Gasteiger partial charge in [0.1, 0.15) is 11.2 Å². The summed E-state index contributed by atoms with van der Waals surface area (Å²) in [5, 5.41) is 10.1. The van der Waals surface area contributed by atoms with Crippen molar-refractivity contribution in [2.24, 2.45) is 0 Å². The lowest BCUT2D eigenvalue weighted by Gasteiger charge is -2.17. The molecule has 1 aromatic heterocycles. The van der Waals surface area contributed by atoms with E-state index in [2.05, 4.69) is 115 Å². The van der Waals surface area contributed by atoms with E-state index in [0.717, 1.165) is 16.6 Å². The second-order valence-corrected chi connectivity index (χ2v) is 9.29. The summed E-state index contributed by atoms with van der Waals surface area (Å²) >= 11 is 0. The summed E-state index contributed by atoms with van der Waals surface area (Å²) < 4.78 is 6.33. The molecule has 0 N–H and O–H groups in total. The first-order chi connectivity index (χ1) is 17.4. The Hall–Kier alpha value is -4.62. The SMILES string of the molecule is c1ccc(-c2ccc3oc4ccccc4c3c2-c2ccc3ccc4cccc5ccc2c3c45)cc1. The minimum atomic E-state index is 0.923. The van der Waals surface area contributed by atoms with Gasteiger partial charge in [0.05, 0.1) is 0 Å². The molecule has 0 saturated carbocycles. The van der Waals surface area contributed by atoms with Gasteiger partial charge in [-0.1, -0.05) is 109 Å². The van der Waals surface area contributed by atoms with Crippen molar-refractivity contribution in [3.8, 4) is 22.3 Å². The van der Waals surface area contributed by atoms with E-state index in [4.69, 9.17) is 4.42 Å². The molecule has 1 heteroatoms. The van der Waals surface area contributed by atoms with Gasteiger partial charge in [0.2, 0.25) is 0 Å². The van der Waals surface area contributed by atoms with Crippen LogP contribution in [-0.4, -0.2) is 0 Å². The highest BCUT2D eigenvalue weighted by Gasteiger charge is 2.20. The van der Waals surface area contributed by atoms with Crippen LogP contribution in [0.5, 0.6) is 0 Å². The summed E-state index contributed by atoms with van der Waals surface area (Å²) in [7, 11) is 0. The standard InChI is InChI=1S/C34H20O/c1-2-7-21(8-3-1)25-19-20-30-34(28-11-4-5-12-29(28)35-30)33(25)27-18-16-24-14-13-22-9-6-10-23-15-17-26(27)32(24)31(22)23/h1-20H. The summed E-state index contributed by atoms with van der Waals surface area (Å²) in [5.41, 5.74) is 6.75. The van der Waals surface area contributed by atoms with Crippen LogP contribution in [0.25, 0.3) is 76.5 Å². The smallest absolute Gasteiger partial charge is 0.136 e. The molecular formula is C34H20O. The zero-order valence-electron chi connectivity index (χ0n) is 19.0. The molecule has 1 nitrogen and oxygen atoms in total. The van der Waals surface area contributed by atoms with Crippen LogP contribution in [0.4, 0.5) is 0 Å². The Balaban J connectivity index is 1.60. The van der Waals surface area contributed by atoms with Gasteiger partial charge in [0, 0.05) is 16.3 Å². The summed E-state index contributed by atoms with van der Waals surface area (Å²) in [6.07, 6.45) is 0. The Labute approximate surface area is 202 Å². The molecule has 0 atom stereocenters. The Morgan fingerprint density at radius 2 is 1.06 bits per heavy atom. The molecule has 8 rings (SSSR count). The second-order valence-electron chi connectivity index (χ2n) is 9.29. The summed E-state index contributed by atoms with van der Waals surface area (Å²) in [6, 6.07) is 43.6. The van der Waals surface area contributed by atoms with E-state index < -0.39 is 0 Å². The number of rotatable bonds is 2. The lowest BCUT2D eigenvalue weighted by molar-refractivity contribution is 0.669. The van der Waals surface area contributed by atoms with Crippen molar-refractivity contribution in [2.75, 3.05) is 0 Å². The number of para-hydroxylation sites is 1. The topological polar surface area (TPSA) is 13.1 Å². The molecule has 0 amide bonds. The van der Waals surface area contributed by atoms with Gasteiger partial charge in [-0.3, -0.25) is 0 Å². The van der Waals surface area contributed by atoms with Crippen molar-refractivity contribution in [3.05, 3.63) is 121 Å². The first kappa shape index (κ1) is 18.8. The minimum absolute atomic E-state index is 0.923. The van der Waals surface area contributed by atoms with Crippen LogP contribution in [0.2, 0.25) is 0 Å². The monoisotopic (exact) mass is 444 g/mol. The molecule has 162 valence electrons. The molecule has 0 radical (unpaired) electrons. The van der Waals surface area contributed by atoms with Crippen LogP contribution in [0, 0.1) is 0 Å². The Bertz CT molecular complexity index is 2030. The molecule has 0 spiro atoms. The highest BCUT2D eigenvalue weighted by Crippen LogP contribution is 2.46. The van der Waals surface area contributed by atoms with Crippen molar-refractivity contribution in [3.63, 3.8) is 0 Å². The van der Waals surface area contributed by atoms with Gasteiger partial charge >= 0.3 is 0 Å². The summed E-state index contributed by atoms with van der Waals surface area (Å²) in [5.74, 6) is 0. The van der Waals surface area contributed by atoms with Gasteiger partial charge in [-0.25, -0.2) is 0 Å². The fourth-order valence-corrected chi connectivity index (χ4v) is 5.91. The third-order valence-corrected chi connectivity index (χ3v) is 7.43. The maximum Gasteiger partial charge on any atom is 0.136 e. The zero-order valence-corrected chi connectivity index (χ0v) is 19.0. The van der Waals surface area contributed by atoms with Gasteiger partial charge in [-0.05, 0) is 61.1 Å². The largest absolute Gasteiger partial charge is 0.456 e. The molecule has 35 heavy (non-hydrogen) atoms. The predicted molar refractivity (Wildman–Crippen MR) is 148 cm³/mol. The summed E-state index contributed by atoms with van der Waals surface area (Å²) in [6.45, 7) is 0. The molecule has 0 aliphatic heterocycles. The molecule has 0 fully saturated rings. The van der Waals surface area contributed by atoms with Crippen molar-refractivity contribution in [1.29, 1.82) is 0 Å². The van der Waals surface area contributed by atoms with E-state index in [1.165, 1.54) is 60.0 Å². The molecule has 0 bridgehead atoms. The second kappa shape index (κ2) is 6.94. The molecule has 0 saturated heterocycles. The first-order valence-corrected chi connectivity index (χ1v) is 12.0. The number of fused-ring (bicyclic) bond motifs is 3. The molecule has 0 aliphatic carbocycles. The van der Waals surface area contributed by atoms with Crippen molar-refractivity contribution in [2.45, 2.75) is 0 Å². The normalized spacial score (nSPS) is 12.0. The van der Waals surface area contributed by atoms with Gasteiger partial charge in [-0.15, -0.1) is 0 Å². The van der Waals surface area contributed by atoms with Crippen LogP contribution in [0.1, 0.15) is 0 Å². The van der Waals surface area contributed by atoms with Gasteiger partial charge in [0.15, 0.2) is 0 Å². The average Bonchev–Trinajstić information content (AvgIpc) is 3.30. The summed E-state index contributed by atoms with van der Waals surface area (Å²) in [4.78, 5) is 0. The fourth-order valence-electron chi connectivity index (χ4n) is 5.91. The number of hydrogen-bond donors (Lipinski definition) is 0. The highest BCUT2D eigenvalue weighted by molar-refractivity contribution is 6.27. The van der Waals surface area contributed by atoms with E-state index >= 15 is 0 Å². The molecule has 7 aromatic carbocycles. The molecule has 0 aliphatic rings. The highest BCUT2D eigenvalue weighted by atomic mass is 16.3. The van der Waals surface area contributed by atoms with Gasteiger partial charge in [-0.2, -0.15) is 0 Å². The Morgan fingerprint density at radius 3 is 1.91 bits per heavy atom. The van der Waals surface area contributed by atoms with E-state index in [1.807, 2.05) is 6.07 Å². The maximum atomic E-state index is 6.33. The molecule has 1 heterocycles. The van der Waals surface area contributed by atoms with E-state index in [-0.39, 0.29) is 0 Å². The average molecular weight is 445 g/mol. The van der Waals surface area contributed by atoms with Crippen LogP contribution in [0.15, 0.2) is 126 Å². The third-order valence-electron chi connectivity index (χ3n) is 7.43. The zero-order chi connectivity index (χ0) is 22.9. The number of furan rings is 1. The van der Waals surface area contributed by atoms with Gasteiger partial charge < -0.3 is 4.42 Å².